The van der Waals surface area contributed by atoms with Crippen molar-refractivity contribution in [1.82, 2.24) is 10.2 Å². The minimum Gasteiger partial charge on any atom is -0.336 e. The average molecular weight is 232 g/mol. The molecular formula is C12H12N2O3. The number of benzene rings is 1. The van der Waals surface area contributed by atoms with Gasteiger partial charge in [0.05, 0.1) is 0 Å². The van der Waals surface area contributed by atoms with Crippen molar-refractivity contribution in [3.63, 3.8) is 0 Å². The van der Waals surface area contributed by atoms with Crippen LogP contribution in [0.3, 0.4) is 0 Å². The van der Waals surface area contributed by atoms with E-state index in [-0.39, 0.29) is 5.91 Å². The number of nitrogens with zero attached hydrogens (tertiary/aromatic N) is 1. The fraction of sp³-hybridized carbons (Fsp3) is 0.250. The van der Waals surface area contributed by atoms with Gasteiger partial charge in [0.15, 0.2) is 0 Å². The molecule has 5 nitrogen and oxygen atoms in total. The fourth-order valence-electron chi connectivity index (χ4n) is 1.76. The maximum absolute atomic E-state index is 11.8. The summed E-state index contributed by atoms with van der Waals surface area (Å²) >= 11 is 0. The van der Waals surface area contributed by atoms with Crippen LogP contribution in [0.4, 0.5) is 0 Å². The van der Waals surface area contributed by atoms with E-state index in [0.29, 0.717) is 6.42 Å². The predicted molar refractivity (Wildman–Crippen MR) is 59.9 cm³/mol. The molecule has 2 rings (SSSR count). The largest absolute Gasteiger partial charge is 0.336 e. The zero-order valence-electron chi connectivity index (χ0n) is 9.34. The number of amides is 3. The van der Waals surface area contributed by atoms with Crippen LogP contribution in [0.15, 0.2) is 30.3 Å². The first-order chi connectivity index (χ1) is 8.09. The van der Waals surface area contributed by atoms with Gasteiger partial charge >= 0.3 is 11.8 Å². The van der Waals surface area contributed by atoms with Gasteiger partial charge < -0.3 is 5.32 Å². The van der Waals surface area contributed by atoms with Crippen LogP contribution >= 0.6 is 0 Å². The van der Waals surface area contributed by atoms with Crippen molar-refractivity contribution >= 4 is 17.7 Å². The summed E-state index contributed by atoms with van der Waals surface area (Å²) in [5.74, 6) is -1.91. The van der Waals surface area contributed by atoms with Crippen molar-refractivity contribution in [3.05, 3.63) is 35.9 Å². The standard InChI is InChI=1S/C12H12N2O3/c1-14-11(16)9(13-10(15)12(14)17)7-8-5-3-2-4-6-8/h2-6,9H,7H2,1H3,(H,13,15)/t9-/m0/s1. The molecule has 1 saturated heterocycles. The first-order valence-corrected chi connectivity index (χ1v) is 5.26. The van der Waals surface area contributed by atoms with Gasteiger partial charge in [-0.15, -0.1) is 0 Å². The number of rotatable bonds is 2. The highest BCUT2D eigenvalue weighted by Crippen LogP contribution is 2.08. The van der Waals surface area contributed by atoms with E-state index in [9.17, 15) is 14.4 Å². The van der Waals surface area contributed by atoms with E-state index in [2.05, 4.69) is 5.32 Å². The molecule has 0 radical (unpaired) electrons. The lowest BCUT2D eigenvalue weighted by Gasteiger charge is -2.28. The fourth-order valence-corrected chi connectivity index (χ4v) is 1.76. The highest BCUT2D eigenvalue weighted by molar-refractivity contribution is 6.40. The number of carbonyl (C=O) groups is 3. The first kappa shape index (κ1) is 11.3. The number of nitrogens with one attached hydrogen (secondary N) is 1. The number of imide groups is 1. The molecule has 1 heterocycles. The van der Waals surface area contributed by atoms with Gasteiger partial charge in [0.1, 0.15) is 6.04 Å². The minimum atomic E-state index is -0.806. The maximum atomic E-state index is 11.8. The van der Waals surface area contributed by atoms with E-state index >= 15 is 0 Å². The summed E-state index contributed by atoms with van der Waals surface area (Å²) in [6.07, 6.45) is 0.392. The normalized spacial score (nSPS) is 20.4. The smallest absolute Gasteiger partial charge is 0.318 e. The Labute approximate surface area is 98.4 Å². The Morgan fingerprint density at radius 2 is 1.82 bits per heavy atom. The van der Waals surface area contributed by atoms with Gasteiger partial charge in [0.2, 0.25) is 0 Å². The molecule has 0 aromatic heterocycles. The number of hydrogen-bond donors (Lipinski definition) is 1. The average Bonchev–Trinajstić information content (AvgIpc) is 2.35. The topological polar surface area (TPSA) is 66.5 Å². The molecule has 5 heteroatoms. The Hall–Kier alpha value is -2.17. The maximum Gasteiger partial charge on any atom is 0.318 e. The number of piperazine rings is 1. The van der Waals surface area contributed by atoms with Gasteiger partial charge in [-0.25, -0.2) is 0 Å². The van der Waals surface area contributed by atoms with E-state index in [1.165, 1.54) is 7.05 Å². The third-order valence-corrected chi connectivity index (χ3v) is 2.72. The number of likely N-dealkylation sites (N-methyl/N-ethyl adjacent to an activating group) is 1. The number of carbonyl (C=O) groups excluding carboxylic acids is 3. The Morgan fingerprint density at radius 1 is 1.18 bits per heavy atom. The molecule has 1 aliphatic rings. The van der Waals surface area contributed by atoms with E-state index in [1.54, 1.807) is 0 Å². The predicted octanol–water partition coefficient (Wildman–Crippen LogP) is -0.288. The summed E-state index contributed by atoms with van der Waals surface area (Å²) in [6.45, 7) is 0. The second kappa shape index (κ2) is 4.37. The van der Waals surface area contributed by atoms with Gasteiger partial charge in [-0.1, -0.05) is 30.3 Å². The van der Waals surface area contributed by atoms with Crippen molar-refractivity contribution in [1.29, 1.82) is 0 Å². The first-order valence-electron chi connectivity index (χ1n) is 5.26. The second-order valence-corrected chi connectivity index (χ2v) is 3.92. The van der Waals surface area contributed by atoms with E-state index in [1.807, 2.05) is 30.3 Å². The van der Waals surface area contributed by atoms with Gasteiger partial charge in [-0.3, -0.25) is 19.3 Å². The van der Waals surface area contributed by atoms with Gasteiger partial charge in [0.25, 0.3) is 5.91 Å². The molecule has 0 unspecified atom stereocenters. The molecule has 0 spiro atoms. The Bertz CT molecular complexity index is 470. The summed E-state index contributed by atoms with van der Waals surface area (Å²) in [4.78, 5) is 35.2. The van der Waals surface area contributed by atoms with E-state index in [0.717, 1.165) is 10.5 Å². The lowest BCUT2D eigenvalue weighted by Crippen LogP contribution is -2.60. The van der Waals surface area contributed by atoms with Crippen LogP contribution < -0.4 is 5.32 Å². The third-order valence-electron chi connectivity index (χ3n) is 2.72. The van der Waals surface area contributed by atoms with E-state index < -0.39 is 17.9 Å². The van der Waals surface area contributed by atoms with E-state index in [4.69, 9.17) is 0 Å². The molecule has 1 N–H and O–H groups in total. The Kier molecular flexibility index (Phi) is 2.91. The summed E-state index contributed by atoms with van der Waals surface area (Å²) in [5.41, 5.74) is 0.939. The van der Waals surface area contributed by atoms with Gasteiger partial charge in [-0.2, -0.15) is 0 Å². The summed E-state index contributed by atoms with van der Waals surface area (Å²) in [6, 6.07) is 8.68. The molecule has 88 valence electrons. The van der Waals surface area contributed by atoms with Crippen LogP contribution in [0.5, 0.6) is 0 Å². The lowest BCUT2D eigenvalue weighted by molar-refractivity contribution is -0.157. The molecule has 0 bridgehead atoms. The second-order valence-electron chi connectivity index (χ2n) is 3.92. The molecule has 1 atom stereocenters. The highest BCUT2D eigenvalue weighted by atomic mass is 16.2. The van der Waals surface area contributed by atoms with Crippen LogP contribution in [-0.2, 0) is 20.8 Å². The van der Waals surface area contributed by atoms with Crippen LogP contribution in [0.1, 0.15) is 5.56 Å². The minimum absolute atomic E-state index is 0.376. The molecule has 3 amide bonds. The Morgan fingerprint density at radius 3 is 2.47 bits per heavy atom. The van der Waals surface area contributed by atoms with Crippen molar-refractivity contribution in [2.24, 2.45) is 0 Å². The molecule has 17 heavy (non-hydrogen) atoms. The summed E-state index contributed by atoms with van der Waals surface area (Å²) in [5, 5.41) is 2.42. The van der Waals surface area contributed by atoms with Crippen LogP contribution in [-0.4, -0.2) is 35.7 Å². The molecule has 1 fully saturated rings. The summed E-state index contributed by atoms with van der Waals surface area (Å²) in [7, 11) is 1.32. The SMILES string of the molecule is CN1C(=O)C(=O)N[C@@H](Cc2ccccc2)C1=O. The monoisotopic (exact) mass is 232 g/mol. The summed E-state index contributed by atoms with van der Waals surface area (Å²) < 4.78 is 0. The Balaban J connectivity index is 2.14. The highest BCUT2D eigenvalue weighted by Gasteiger charge is 2.37. The van der Waals surface area contributed by atoms with Crippen molar-refractivity contribution in [2.75, 3.05) is 7.05 Å². The zero-order valence-corrected chi connectivity index (χ0v) is 9.34. The molecular weight excluding hydrogens is 220 g/mol. The van der Waals surface area contributed by atoms with Crippen molar-refractivity contribution in [3.8, 4) is 0 Å². The lowest BCUT2D eigenvalue weighted by atomic mass is 10.0. The van der Waals surface area contributed by atoms with Crippen LogP contribution in [0.2, 0.25) is 0 Å². The van der Waals surface area contributed by atoms with Crippen LogP contribution in [0, 0.1) is 0 Å². The van der Waals surface area contributed by atoms with Crippen molar-refractivity contribution < 1.29 is 14.4 Å². The molecule has 0 saturated carbocycles. The zero-order chi connectivity index (χ0) is 12.4. The third kappa shape index (κ3) is 2.18. The molecule has 1 aliphatic heterocycles. The van der Waals surface area contributed by atoms with Crippen molar-refractivity contribution in [2.45, 2.75) is 12.5 Å². The molecule has 1 aromatic rings. The molecule has 1 aromatic carbocycles. The quantitative estimate of drug-likeness (QED) is 0.563. The van der Waals surface area contributed by atoms with Crippen LogP contribution in [0.25, 0.3) is 0 Å². The molecule has 0 aliphatic carbocycles. The van der Waals surface area contributed by atoms with Gasteiger partial charge in [0, 0.05) is 13.5 Å². The number of hydrogen-bond acceptors (Lipinski definition) is 3. The van der Waals surface area contributed by atoms with Gasteiger partial charge in [-0.05, 0) is 5.56 Å².